The normalized spacial score (nSPS) is 9.69. The Labute approximate surface area is 92.0 Å². The Morgan fingerprint density at radius 3 is 2.56 bits per heavy atom. The SMILES string of the molecule is COC(=O)c1ccc(COC(C)=O)cc1F. The quantitative estimate of drug-likeness (QED) is 0.736. The summed E-state index contributed by atoms with van der Waals surface area (Å²) in [5.74, 6) is -1.88. The van der Waals surface area contributed by atoms with Crippen molar-refractivity contribution in [1.82, 2.24) is 0 Å². The van der Waals surface area contributed by atoms with E-state index < -0.39 is 17.8 Å². The molecule has 1 aromatic rings. The highest BCUT2D eigenvalue weighted by atomic mass is 19.1. The van der Waals surface area contributed by atoms with E-state index in [9.17, 15) is 14.0 Å². The van der Waals surface area contributed by atoms with Crippen molar-refractivity contribution in [2.75, 3.05) is 7.11 Å². The number of esters is 2. The van der Waals surface area contributed by atoms with Crippen LogP contribution >= 0.6 is 0 Å². The van der Waals surface area contributed by atoms with E-state index in [0.29, 0.717) is 5.56 Å². The monoisotopic (exact) mass is 226 g/mol. The van der Waals surface area contributed by atoms with Crippen LogP contribution in [0.2, 0.25) is 0 Å². The van der Waals surface area contributed by atoms with Crippen LogP contribution in [0.15, 0.2) is 18.2 Å². The summed E-state index contributed by atoms with van der Waals surface area (Å²) in [6.07, 6.45) is 0. The lowest BCUT2D eigenvalue weighted by molar-refractivity contribution is -0.142. The van der Waals surface area contributed by atoms with Crippen molar-refractivity contribution in [2.45, 2.75) is 13.5 Å². The first kappa shape index (κ1) is 12.2. The lowest BCUT2D eigenvalue weighted by Gasteiger charge is -2.05. The van der Waals surface area contributed by atoms with Gasteiger partial charge in [-0.2, -0.15) is 0 Å². The molecule has 0 amide bonds. The smallest absolute Gasteiger partial charge is 0.340 e. The summed E-state index contributed by atoms with van der Waals surface area (Å²) in [4.78, 5) is 21.6. The van der Waals surface area contributed by atoms with Gasteiger partial charge in [0.05, 0.1) is 12.7 Å². The molecule has 0 N–H and O–H groups in total. The zero-order chi connectivity index (χ0) is 12.1. The Morgan fingerprint density at radius 1 is 1.38 bits per heavy atom. The number of halogens is 1. The van der Waals surface area contributed by atoms with Gasteiger partial charge in [0.1, 0.15) is 12.4 Å². The fraction of sp³-hybridized carbons (Fsp3) is 0.273. The van der Waals surface area contributed by atoms with Crippen molar-refractivity contribution in [1.29, 1.82) is 0 Å². The molecule has 0 unspecified atom stereocenters. The van der Waals surface area contributed by atoms with Gasteiger partial charge in [-0.1, -0.05) is 6.07 Å². The molecule has 0 aliphatic heterocycles. The Morgan fingerprint density at radius 2 is 2.06 bits per heavy atom. The average Bonchev–Trinajstić information content (AvgIpc) is 2.25. The van der Waals surface area contributed by atoms with Crippen molar-refractivity contribution < 1.29 is 23.5 Å². The van der Waals surface area contributed by atoms with E-state index in [4.69, 9.17) is 0 Å². The highest BCUT2D eigenvalue weighted by Crippen LogP contribution is 2.12. The first-order valence-electron chi connectivity index (χ1n) is 4.54. The molecular weight excluding hydrogens is 215 g/mol. The first-order valence-corrected chi connectivity index (χ1v) is 4.54. The second-order valence-corrected chi connectivity index (χ2v) is 3.09. The van der Waals surface area contributed by atoms with E-state index in [0.717, 1.165) is 6.07 Å². The summed E-state index contributed by atoms with van der Waals surface area (Å²) < 4.78 is 22.4. The van der Waals surface area contributed by atoms with Gasteiger partial charge in [0.25, 0.3) is 0 Å². The number of hydrogen-bond donors (Lipinski definition) is 0. The van der Waals surface area contributed by atoms with Crippen molar-refractivity contribution in [3.05, 3.63) is 35.1 Å². The van der Waals surface area contributed by atoms with Gasteiger partial charge in [0.2, 0.25) is 0 Å². The van der Waals surface area contributed by atoms with E-state index in [2.05, 4.69) is 9.47 Å². The predicted octanol–water partition coefficient (Wildman–Crippen LogP) is 1.68. The minimum atomic E-state index is -0.739. The van der Waals surface area contributed by atoms with Gasteiger partial charge in [0.15, 0.2) is 0 Å². The summed E-state index contributed by atoms with van der Waals surface area (Å²) in [5.41, 5.74) is 0.328. The summed E-state index contributed by atoms with van der Waals surface area (Å²) in [6.45, 7) is 1.24. The number of benzene rings is 1. The number of carbonyl (C=O) groups is 2. The maximum Gasteiger partial charge on any atom is 0.340 e. The molecule has 0 radical (unpaired) electrons. The maximum absolute atomic E-state index is 13.4. The third-order valence-electron chi connectivity index (χ3n) is 1.88. The van der Waals surface area contributed by atoms with Crippen molar-refractivity contribution in [2.24, 2.45) is 0 Å². The Hall–Kier alpha value is -1.91. The molecule has 0 atom stereocenters. The highest BCUT2D eigenvalue weighted by Gasteiger charge is 2.12. The van der Waals surface area contributed by atoms with Gasteiger partial charge < -0.3 is 9.47 Å². The first-order chi connectivity index (χ1) is 7.54. The standard InChI is InChI=1S/C11H11FO4/c1-7(13)16-6-8-3-4-9(10(12)5-8)11(14)15-2/h3-5H,6H2,1-2H3. The Bertz CT molecular complexity index is 414. The average molecular weight is 226 g/mol. The van der Waals surface area contributed by atoms with Crippen molar-refractivity contribution in [3.8, 4) is 0 Å². The molecule has 5 heteroatoms. The lowest BCUT2D eigenvalue weighted by atomic mass is 10.1. The van der Waals surface area contributed by atoms with Crippen LogP contribution in [0.25, 0.3) is 0 Å². The number of ether oxygens (including phenoxy) is 2. The molecule has 0 fully saturated rings. The molecule has 0 saturated carbocycles. The van der Waals surface area contributed by atoms with Crippen LogP contribution in [0.4, 0.5) is 4.39 Å². The summed E-state index contributed by atoms with van der Waals surface area (Å²) in [6, 6.07) is 3.92. The molecule has 4 nitrogen and oxygen atoms in total. The Balaban J connectivity index is 2.82. The second kappa shape index (κ2) is 5.25. The lowest BCUT2D eigenvalue weighted by Crippen LogP contribution is -2.06. The number of hydrogen-bond acceptors (Lipinski definition) is 4. The fourth-order valence-electron chi connectivity index (χ4n) is 1.11. The molecule has 16 heavy (non-hydrogen) atoms. The number of methoxy groups -OCH3 is 1. The van der Waals surface area contributed by atoms with Gasteiger partial charge >= 0.3 is 11.9 Å². The zero-order valence-corrected chi connectivity index (χ0v) is 8.95. The third-order valence-corrected chi connectivity index (χ3v) is 1.88. The molecule has 1 aromatic carbocycles. The molecule has 0 heterocycles. The molecule has 0 aromatic heterocycles. The van der Waals surface area contributed by atoms with E-state index in [1.165, 1.54) is 26.2 Å². The molecule has 0 spiro atoms. The van der Waals surface area contributed by atoms with E-state index in [1.54, 1.807) is 0 Å². The molecule has 0 bridgehead atoms. The van der Waals surface area contributed by atoms with Crippen LogP contribution in [0, 0.1) is 5.82 Å². The summed E-state index contributed by atoms with van der Waals surface area (Å²) >= 11 is 0. The molecule has 0 aliphatic rings. The van der Waals surface area contributed by atoms with E-state index in [1.807, 2.05) is 0 Å². The van der Waals surface area contributed by atoms with Crippen LogP contribution in [0.1, 0.15) is 22.8 Å². The van der Waals surface area contributed by atoms with Gasteiger partial charge in [-0.25, -0.2) is 9.18 Å². The topological polar surface area (TPSA) is 52.6 Å². The summed E-state index contributed by atoms with van der Waals surface area (Å²) in [5, 5.41) is 0. The summed E-state index contributed by atoms with van der Waals surface area (Å²) in [7, 11) is 1.18. The van der Waals surface area contributed by atoms with Gasteiger partial charge in [-0.3, -0.25) is 4.79 Å². The number of carbonyl (C=O) groups excluding carboxylic acids is 2. The molecule has 0 saturated heterocycles. The minimum Gasteiger partial charge on any atom is -0.465 e. The third kappa shape index (κ3) is 3.05. The molecular formula is C11H11FO4. The van der Waals surface area contributed by atoms with Crippen LogP contribution in [-0.4, -0.2) is 19.0 Å². The molecule has 0 aliphatic carbocycles. The van der Waals surface area contributed by atoms with Crippen LogP contribution < -0.4 is 0 Å². The zero-order valence-electron chi connectivity index (χ0n) is 8.95. The van der Waals surface area contributed by atoms with Crippen LogP contribution in [0.5, 0.6) is 0 Å². The van der Waals surface area contributed by atoms with Gasteiger partial charge in [-0.15, -0.1) is 0 Å². The van der Waals surface area contributed by atoms with Crippen molar-refractivity contribution >= 4 is 11.9 Å². The Kier molecular flexibility index (Phi) is 3.99. The number of rotatable bonds is 3. The van der Waals surface area contributed by atoms with Crippen LogP contribution in [-0.2, 0) is 20.9 Å². The van der Waals surface area contributed by atoms with E-state index in [-0.39, 0.29) is 12.2 Å². The highest BCUT2D eigenvalue weighted by molar-refractivity contribution is 5.89. The molecule has 86 valence electrons. The maximum atomic E-state index is 13.4. The minimum absolute atomic E-state index is 0.0201. The fourth-order valence-corrected chi connectivity index (χ4v) is 1.11. The van der Waals surface area contributed by atoms with Gasteiger partial charge in [0, 0.05) is 6.92 Å². The van der Waals surface area contributed by atoms with Gasteiger partial charge in [-0.05, 0) is 17.7 Å². The molecule has 1 rings (SSSR count). The largest absolute Gasteiger partial charge is 0.465 e. The second-order valence-electron chi connectivity index (χ2n) is 3.09. The predicted molar refractivity (Wildman–Crippen MR) is 53.2 cm³/mol. The van der Waals surface area contributed by atoms with Crippen molar-refractivity contribution in [3.63, 3.8) is 0 Å². The van der Waals surface area contributed by atoms with E-state index >= 15 is 0 Å². The van der Waals surface area contributed by atoms with Crippen LogP contribution in [0.3, 0.4) is 0 Å².